The molecule has 4 rings (SSSR count). The minimum Gasteiger partial charge on any atom is -0.615 e. The first-order chi connectivity index (χ1) is 11.6. The van der Waals surface area contributed by atoms with Gasteiger partial charge >= 0.3 is 6.03 Å². The quantitative estimate of drug-likeness (QED) is 0.824. The number of hydrogen-bond donors (Lipinski definition) is 1. The molecule has 1 atom stereocenters. The van der Waals surface area contributed by atoms with Crippen LogP contribution < -0.4 is 5.32 Å². The van der Waals surface area contributed by atoms with Crippen molar-refractivity contribution in [3.05, 3.63) is 33.0 Å². The number of carbonyl (C=O) groups excluding carboxylic acids is 1. The van der Waals surface area contributed by atoms with Crippen molar-refractivity contribution in [3.8, 4) is 11.3 Å². The van der Waals surface area contributed by atoms with Crippen LogP contribution >= 0.6 is 22.7 Å². The van der Waals surface area contributed by atoms with Crippen molar-refractivity contribution in [2.24, 2.45) is 10.3 Å². The average molecular weight is 380 g/mol. The van der Waals surface area contributed by atoms with Crippen LogP contribution in [0.4, 0.5) is 4.79 Å². The Labute approximate surface area is 148 Å². The number of fused-ring (bicyclic) bond motifs is 1. The van der Waals surface area contributed by atoms with E-state index in [1.54, 1.807) is 11.3 Å². The predicted octanol–water partition coefficient (Wildman–Crippen LogP) is 2.50. The van der Waals surface area contributed by atoms with Gasteiger partial charge in [-0.3, -0.25) is 4.90 Å². The molecule has 1 N–H and O–H groups in total. The largest absolute Gasteiger partial charge is 0.615 e. The Hall–Kier alpha value is -1.95. The molecule has 0 fully saturated rings. The molecule has 2 aromatic heterocycles. The zero-order chi connectivity index (χ0) is 16.7. The molecule has 2 aliphatic heterocycles. The number of nitrogens with one attached hydrogen (secondary N) is 1. The van der Waals surface area contributed by atoms with Crippen molar-refractivity contribution in [2.45, 2.75) is 0 Å². The molecule has 124 valence electrons. The smallest absolute Gasteiger partial charge is 0.353 e. The fourth-order valence-corrected chi connectivity index (χ4v) is 4.34. The first kappa shape index (κ1) is 15.6. The zero-order valence-corrected chi connectivity index (χ0v) is 15.0. The summed E-state index contributed by atoms with van der Waals surface area (Å²) in [6.45, 7) is 0.294. The summed E-state index contributed by atoms with van der Waals surface area (Å²) < 4.78 is 11.3. The van der Waals surface area contributed by atoms with Crippen molar-refractivity contribution >= 4 is 45.6 Å². The number of aromatic nitrogens is 1. The number of amides is 2. The summed E-state index contributed by atoms with van der Waals surface area (Å²) in [5, 5.41) is 19.0. The van der Waals surface area contributed by atoms with Gasteiger partial charge in [0.05, 0.1) is 18.6 Å². The van der Waals surface area contributed by atoms with Crippen LogP contribution in [-0.2, 0) is 11.2 Å². The number of rotatable bonds is 4. The number of thiophene rings is 1. The van der Waals surface area contributed by atoms with E-state index in [9.17, 15) is 9.35 Å². The van der Waals surface area contributed by atoms with Crippen LogP contribution in [0.15, 0.2) is 38.4 Å². The summed E-state index contributed by atoms with van der Waals surface area (Å²) >= 11 is 1.93. The standard InChI is InChI=1S/C13H12N6O2S3/c1-24(21)7-19-13(20)18-6-14-10(11(18)16-17-19)12-15-9(5-23-12)8-2-3-22-4-8/h2-5,14H,6-7H2,1H3. The van der Waals surface area contributed by atoms with Gasteiger partial charge in [0.1, 0.15) is 10.7 Å². The lowest BCUT2D eigenvalue weighted by atomic mass is 10.3. The summed E-state index contributed by atoms with van der Waals surface area (Å²) in [6.07, 6.45) is 1.52. The molecule has 1 unspecified atom stereocenters. The maximum atomic E-state index is 12.4. The first-order valence-electron chi connectivity index (χ1n) is 6.91. The molecule has 11 heteroatoms. The second kappa shape index (κ2) is 6.16. The molecule has 0 aliphatic carbocycles. The molecular formula is C13H12N6O2S3. The van der Waals surface area contributed by atoms with E-state index < -0.39 is 11.2 Å². The number of nitrogens with zero attached hydrogens (tertiary/aromatic N) is 5. The van der Waals surface area contributed by atoms with Crippen LogP contribution in [0.2, 0.25) is 0 Å². The first-order valence-corrected chi connectivity index (χ1v) is 10.5. The van der Waals surface area contributed by atoms with E-state index in [4.69, 9.17) is 0 Å². The Morgan fingerprint density at radius 3 is 3.08 bits per heavy atom. The number of thiazole rings is 1. The van der Waals surface area contributed by atoms with Gasteiger partial charge in [-0.15, -0.1) is 21.5 Å². The molecule has 4 heterocycles. The van der Waals surface area contributed by atoms with Gasteiger partial charge in [-0.25, -0.2) is 9.78 Å². The third-order valence-corrected chi connectivity index (χ3v) is 5.58. The predicted molar refractivity (Wildman–Crippen MR) is 93.2 cm³/mol. The van der Waals surface area contributed by atoms with Crippen LogP contribution in [-0.4, -0.2) is 44.3 Å². The van der Waals surface area contributed by atoms with E-state index in [-0.39, 0.29) is 11.9 Å². The van der Waals surface area contributed by atoms with E-state index in [1.807, 2.05) is 22.2 Å². The number of urea groups is 1. The molecule has 0 bridgehead atoms. The zero-order valence-electron chi connectivity index (χ0n) is 12.5. The Morgan fingerprint density at radius 1 is 1.46 bits per heavy atom. The highest BCUT2D eigenvalue weighted by molar-refractivity contribution is 7.90. The molecule has 0 spiro atoms. The molecule has 2 aromatic rings. The monoisotopic (exact) mass is 380 g/mol. The van der Waals surface area contributed by atoms with E-state index in [0.29, 0.717) is 18.2 Å². The summed E-state index contributed by atoms with van der Waals surface area (Å²) in [7, 11) is 0. The lowest BCUT2D eigenvalue weighted by Crippen LogP contribution is -2.43. The van der Waals surface area contributed by atoms with Crippen LogP contribution in [0.3, 0.4) is 0 Å². The summed E-state index contributed by atoms with van der Waals surface area (Å²) in [5.74, 6) is 0.477. The Morgan fingerprint density at radius 2 is 2.33 bits per heavy atom. The van der Waals surface area contributed by atoms with Crippen molar-refractivity contribution < 1.29 is 9.35 Å². The van der Waals surface area contributed by atoms with E-state index >= 15 is 0 Å². The topological polar surface area (TPSA) is 96.2 Å². The van der Waals surface area contributed by atoms with E-state index in [0.717, 1.165) is 21.3 Å². The Balaban J connectivity index is 1.65. The lowest BCUT2D eigenvalue weighted by molar-refractivity contribution is 0.161. The van der Waals surface area contributed by atoms with Gasteiger partial charge in [-0.05, 0) is 22.6 Å². The number of carbonyl (C=O) groups is 1. The van der Waals surface area contributed by atoms with Crippen LogP contribution in [0.1, 0.15) is 5.01 Å². The van der Waals surface area contributed by atoms with Gasteiger partial charge in [0.25, 0.3) is 0 Å². The lowest BCUT2D eigenvalue weighted by Gasteiger charge is -2.25. The molecule has 0 saturated heterocycles. The van der Waals surface area contributed by atoms with Gasteiger partial charge in [0, 0.05) is 16.3 Å². The molecule has 2 amide bonds. The maximum absolute atomic E-state index is 12.4. The SMILES string of the molecule is C[S+]([O-])CN1N=NC2=C(c3nc(-c4ccsc4)cs3)NCN2C1=O. The Kier molecular flexibility index (Phi) is 4.00. The van der Waals surface area contributed by atoms with Crippen LogP contribution in [0.5, 0.6) is 0 Å². The van der Waals surface area contributed by atoms with Crippen LogP contribution in [0.25, 0.3) is 17.0 Å². The molecule has 0 saturated carbocycles. The summed E-state index contributed by atoms with van der Waals surface area (Å²) in [5.41, 5.74) is 2.66. The maximum Gasteiger partial charge on any atom is 0.353 e. The summed E-state index contributed by atoms with van der Waals surface area (Å²) in [4.78, 5) is 18.5. The normalized spacial score (nSPS) is 18.2. The van der Waals surface area contributed by atoms with Crippen molar-refractivity contribution in [2.75, 3.05) is 18.8 Å². The van der Waals surface area contributed by atoms with Crippen LogP contribution in [0, 0.1) is 0 Å². The van der Waals surface area contributed by atoms with Gasteiger partial charge in [-0.1, -0.05) is 5.22 Å². The van der Waals surface area contributed by atoms with Crippen molar-refractivity contribution in [3.63, 3.8) is 0 Å². The molecule has 24 heavy (non-hydrogen) atoms. The Bertz CT molecular complexity index is 829. The average Bonchev–Trinajstić information content (AvgIpc) is 3.28. The second-order valence-electron chi connectivity index (χ2n) is 5.09. The van der Waals surface area contributed by atoms with Gasteiger partial charge in [0.2, 0.25) is 5.88 Å². The molecule has 0 radical (unpaired) electrons. The van der Waals surface area contributed by atoms with Crippen molar-refractivity contribution in [1.82, 2.24) is 20.2 Å². The summed E-state index contributed by atoms with van der Waals surface area (Å²) in [6, 6.07) is 1.68. The minimum atomic E-state index is -1.17. The highest BCUT2D eigenvalue weighted by Crippen LogP contribution is 2.33. The molecule has 2 aliphatic rings. The second-order valence-corrected chi connectivity index (χ2v) is 8.13. The highest BCUT2D eigenvalue weighted by atomic mass is 32.2. The highest BCUT2D eigenvalue weighted by Gasteiger charge is 2.37. The van der Waals surface area contributed by atoms with Gasteiger partial charge in [-0.2, -0.15) is 11.3 Å². The number of hydrogen-bond acceptors (Lipinski definition) is 8. The third kappa shape index (κ3) is 2.69. The van der Waals surface area contributed by atoms with E-state index in [1.165, 1.54) is 22.5 Å². The minimum absolute atomic E-state index is 0.0288. The fraction of sp³-hybridized carbons (Fsp3) is 0.231. The van der Waals surface area contributed by atoms with E-state index in [2.05, 4.69) is 20.6 Å². The molecular weight excluding hydrogens is 368 g/mol. The fourth-order valence-electron chi connectivity index (χ4n) is 2.34. The third-order valence-electron chi connectivity index (χ3n) is 3.43. The molecule has 8 nitrogen and oxygen atoms in total. The van der Waals surface area contributed by atoms with Gasteiger partial charge in [0.15, 0.2) is 5.82 Å². The van der Waals surface area contributed by atoms with Gasteiger partial charge < -0.3 is 9.87 Å². The van der Waals surface area contributed by atoms with Crippen molar-refractivity contribution in [1.29, 1.82) is 0 Å². The molecule has 0 aromatic carbocycles.